The van der Waals surface area contributed by atoms with E-state index in [0.717, 1.165) is 12.1 Å². The Morgan fingerprint density at radius 3 is 2.33 bits per heavy atom. The van der Waals surface area contributed by atoms with Gasteiger partial charge in [-0.05, 0) is 51.1 Å². The third kappa shape index (κ3) is 5.94. The van der Waals surface area contributed by atoms with Crippen LogP contribution in [0, 0.1) is 0 Å². The third-order valence-electron chi connectivity index (χ3n) is 5.38. The number of halogens is 3. The van der Waals surface area contributed by atoms with Crippen molar-refractivity contribution in [2.24, 2.45) is 0 Å². The summed E-state index contributed by atoms with van der Waals surface area (Å²) in [6, 6.07) is 6.60. The van der Waals surface area contributed by atoms with Crippen molar-refractivity contribution in [2.75, 3.05) is 13.6 Å². The van der Waals surface area contributed by atoms with Gasteiger partial charge in [-0.15, -0.1) is 11.3 Å². The van der Waals surface area contributed by atoms with Gasteiger partial charge < -0.3 is 5.32 Å². The summed E-state index contributed by atoms with van der Waals surface area (Å²) in [5.74, 6) is 0.180. The second-order valence-corrected chi connectivity index (χ2v) is 8.82. The summed E-state index contributed by atoms with van der Waals surface area (Å²) in [5.41, 5.74) is 0.648. The zero-order valence-corrected chi connectivity index (χ0v) is 19.7. The Balaban J connectivity index is 1.81. The predicted octanol–water partition coefficient (Wildman–Crippen LogP) is 4.99. The molecule has 0 saturated heterocycles. The SMILES string of the molecule is CCc1nc(-c2ncccn2)sc1C(=O)NCC(c1ccc(C(F)(F)F)cc1)N(C)C(C)C. The van der Waals surface area contributed by atoms with Crippen molar-refractivity contribution in [3.05, 3.63) is 64.4 Å². The van der Waals surface area contributed by atoms with Crippen LogP contribution < -0.4 is 5.32 Å². The summed E-state index contributed by atoms with van der Waals surface area (Å²) < 4.78 is 38.9. The number of aryl methyl sites for hydroxylation is 1. The Morgan fingerprint density at radius 1 is 1.15 bits per heavy atom. The molecule has 2 heterocycles. The maximum atomic E-state index is 13.0. The standard InChI is InChI=1S/C23H26F3N5OS/c1-5-17-19(33-22(30-17)20-27-11-6-12-28-20)21(32)29-13-18(31(4)14(2)3)15-7-9-16(10-8-15)23(24,25)26/h6-12,14,18H,5,13H2,1-4H3,(H,29,32). The van der Waals surface area contributed by atoms with Gasteiger partial charge in [-0.1, -0.05) is 19.1 Å². The van der Waals surface area contributed by atoms with E-state index in [-0.39, 0.29) is 24.5 Å². The van der Waals surface area contributed by atoms with Gasteiger partial charge >= 0.3 is 6.18 Å². The van der Waals surface area contributed by atoms with Gasteiger partial charge in [-0.3, -0.25) is 9.69 Å². The minimum atomic E-state index is -4.39. The van der Waals surface area contributed by atoms with Crippen LogP contribution in [0.1, 0.15) is 53.3 Å². The smallest absolute Gasteiger partial charge is 0.349 e. The van der Waals surface area contributed by atoms with Crippen LogP contribution in [0.4, 0.5) is 13.2 Å². The highest BCUT2D eigenvalue weighted by molar-refractivity contribution is 7.17. The van der Waals surface area contributed by atoms with Gasteiger partial charge in [0.25, 0.3) is 5.91 Å². The largest absolute Gasteiger partial charge is 0.416 e. The van der Waals surface area contributed by atoms with Crippen molar-refractivity contribution in [1.82, 2.24) is 25.2 Å². The van der Waals surface area contributed by atoms with E-state index in [2.05, 4.69) is 20.3 Å². The van der Waals surface area contributed by atoms with Gasteiger partial charge in [0, 0.05) is 25.0 Å². The van der Waals surface area contributed by atoms with Gasteiger partial charge in [-0.2, -0.15) is 13.2 Å². The highest BCUT2D eigenvalue weighted by Gasteiger charge is 2.31. The quantitative estimate of drug-likeness (QED) is 0.495. The fraction of sp³-hybridized carbons (Fsp3) is 0.391. The first kappa shape index (κ1) is 24.8. The monoisotopic (exact) mass is 477 g/mol. The van der Waals surface area contributed by atoms with E-state index >= 15 is 0 Å². The molecule has 0 aliphatic rings. The lowest BCUT2D eigenvalue weighted by molar-refractivity contribution is -0.137. The van der Waals surface area contributed by atoms with Gasteiger partial charge in [0.2, 0.25) is 0 Å². The molecule has 0 spiro atoms. The number of rotatable bonds is 8. The number of nitrogens with one attached hydrogen (secondary N) is 1. The number of amides is 1. The van der Waals surface area contributed by atoms with E-state index in [1.54, 1.807) is 18.5 Å². The Morgan fingerprint density at radius 2 is 1.79 bits per heavy atom. The number of aromatic nitrogens is 3. The van der Waals surface area contributed by atoms with Gasteiger partial charge in [0.05, 0.1) is 17.3 Å². The summed E-state index contributed by atoms with van der Waals surface area (Å²) in [6.45, 7) is 6.13. The molecule has 1 unspecified atom stereocenters. The lowest BCUT2D eigenvalue weighted by Crippen LogP contribution is -2.39. The molecule has 10 heteroatoms. The number of carbonyl (C=O) groups excluding carboxylic acids is 1. The van der Waals surface area contributed by atoms with Gasteiger partial charge in [0.15, 0.2) is 10.8 Å². The Hall–Kier alpha value is -2.85. The van der Waals surface area contributed by atoms with Crippen molar-refractivity contribution < 1.29 is 18.0 Å². The Kier molecular flexibility index (Phi) is 7.80. The average molecular weight is 478 g/mol. The number of nitrogens with zero attached hydrogens (tertiary/aromatic N) is 4. The second-order valence-electron chi connectivity index (χ2n) is 7.83. The molecular weight excluding hydrogens is 451 g/mol. The molecule has 3 rings (SSSR count). The van der Waals surface area contributed by atoms with Crippen molar-refractivity contribution in [3.8, 4) is 10.8 Å². The first-order valence-electron chi connectivity index (χ1n) is 10.6. The minimum absolute atomic E-state index is 0.116. The molecular formula is C23H26F3N5OS. The van der Waals surface area contributed by atoms with Crippen molar-refractivity contribution >= 4 is 17.2 Å². The Labute approximate surface area is 194 Å². The molecule has 6 nitrogen and oxygen atoms in total. The molecule has 1 aromatic carbocycles. The van der Waals surface area contributed by atoms with E-state index in [4.69, 9.17) is 0 Å². The fourth-order valence-electron chi connectivity index (χ4n) is 3.29. The summed E-state index contributed by atoms with van der Waals surface area (Å²) in [4.78, 5) is 28.4. The predicted molar refractivity (Wildman–Crippen MR) is 122 cm³/mol. The average Bonchev–Trinajstić information content (AvgIpc) is 3.24. The van der Waals surface area contributed by atoms with Crippen LogP contribution in [-0.4, -0.2) is 45.4 Å². The van der Waals surface area contributed by atoms with Crippen LogP contribution in [0.2, 0.25) is 0 Å². The molecule has 0 aliphatic carbocycles. The molecule has 176 valence electrons. The van der Waals surface area contributed by atoms with Crippen molar-refractivity contribution in [2.45, 2.75) is 45.5 Å². The number of hydrogen-bond acceptors (Lipinski definition) is 6. The summed E-state index contributed by atoms with van der Waals surface area (Å²) >= 11 is 1.23. The number of benzene rings is 1. The summed E-state index contributed by atoms with van der Waals surface area (Å²) in [6.07, 6.45) is -0.591. The van der Waals surface area contributed by atoms with E-state index in [1.807, 2.05) is 32.7 Å². The molecule has 0 radical (unpaired) electrons. The lowest BCUT2D eigenvalue weighted by atomic mass is 10.0. The minimum Gasteiger partial charge on any atom is -0.349 e. The molecule has 0 bridgehead atoms. The van der Waals surface area contributed by atoms with Gasteiger partial charge in [-0.25, -0.2) is 15.0 Å². The van der Waals surface area contributed by atoms with E-state index in [0.29, 0.717) is 33.4 Å². The topological polar surface area (TPSA) is 71.0 Å². The third-order valence-corrected chi connectivity index (χ3v) is 6.47. The first-order valence-corrected chi connectivity index (χ1v) is 11.4. The normalized spacial score (nSPS) is 12.9. The number of alkyl halides is 3. The Bertz CT molecular complexity index is 1070. The number of thiazole rings is 1. The first-order chi connectivity index (χ1) is 15.6. The van der Waals surface area contributed by atoms with Gasteiger partial charge in [0.1, 0.15) is 4.88 Å². The molecule has 3 aromatic rings. The van der Waals surface area contributed by atoms with E-state index in [9.17, 15) is 18.0 Å². The fourth-order valence-corrected chi connectivity index (χ4v) is 4.31. The number of likely N-dealkylation sites (N-methyl/N-ethyl adjacent to an activating group) is 1. The molecule has 1 N–H and O–H groups in total. The zero-order chi connectivity index (χ0) is 24.2. The van der Waals surface area contributed by atoms with Crippen LogP contribution in [-0.2, 0) is 12.6 Å². The molecule has 33 heavy (non-hydrogen) atoms. The molecule has 0 fully saturated rings. The lowest BCUT2D eigenvalue weighted by Gasteiger charge is -2.32. The molecule has 2 aromatic heterocycles. The number of hydrogen-bond donors (Lipinski definition) is 1. The maximum Gasteiger partial charge on any atom is 0.416 e. The van der Waals surface area contributed by atoms with Crippen LogP contribution >= 0.6 is 11.3 Å². The van der Waals surface area contributed by atoms with Crippen molar-refractivity contribution in [1.29, 1.82) is 0 Å². The summed E-state index contributed by atoms with van der Waals surface area (Å²) in [5, 5.41) is 3.51. The summed E-state index contributed by atoms with van der Waals surface area (Å²) in [7, 11) is 1.88. The van der Waals surface area contributed by atoms with E-state index in [1.165, 1.54) is 23.5 Å². The van der Waals surface area contributed by atoms with Crippen LogP contribution in [0.25, 0.3) is 10.8 Å². The zero-order valence-electron chi connectivity index (χ0n) is 18.8. The highest BCUT2D eigenvalue weighted by Crippen LogP contribution is 2.31. The second kappa shape index (κ2) is 10.4. The van der Waals surface area contributed by atoms with Crippen LogP contribution in [0.3, 0.4) is 0 Å². The van der Waals surface area contributed by atoms with Crippen molar-refractivity contribution in [3.63, 3.8) is 0 Å². The molecule has 1 amide bonds. The maximum absolute atomic E-state index is 13.0. The molecule has 0 saturated carbocycles. The highest BCUT2D eigenvalue weighted by atomic mass is 32.1. The van der Waals surface area contributed by atoms with Crippen LogP contribution in [0.5, 0.6) is 0 Å². The molecule has 0 aliphatic heterocycles. The van der Waals surface area contributed by atoms with E-state index < -0.39 is 11.7 Å². The van der Waals surface area contributed by atoms with Crippen LogP contribution in [0.15, 0.2) is 42.7 Å². The number of carbonyl (C=O) groups is 1. The molecule has 1 atom stereocenters.